The second kappa shape index (κ2) is 3.83. The molecule has 3 N–H and O–H groups in total. The van der Waals surface area contributed by atoms with Gasteiger partial charge in [-0.25, -0.2) is 0 Å². The van der Waals surface area contributed by atoms with Gasteiger partial charge in [0.25, 0.3) is 0 Å². The molecule has 1 heterocycles. The molecule has 1 saturated heterocycles. The molecule has 1 aromatic rings. The Hall–Kier alpha value is -1.06. The van der Waals surface area contributed by atoms with Crippen molar-refractivity contribution in [2.45, 2.75) is 25.4 Å². The largest absolute Gasteiger partial charge is 0.508 e. The lowest BCUT2D eigenvalue weighted by Crippen LogP contribution is -2.40. The molecule has 0 radical (unpaired) electrons. The summed E-state index contributed by atoms with van der Waals surface area (Å²) in [6.45, 7) is 3.61. The summed E-state index contributed by atoms with van der Waals surface area (Å²) in [6.07, 6.45) is 1.47. The number of piperidine rings is 1. The molecule has 3 heteroatoms. The number of phenols is 1. The van der Waals surface area contributed by atoms with Gasteiger partial charge in [0.1, 0.15) is 5.75 Å². The smallest absolute Gasteiger partial charge is 0.115 e. The number of aromatic hydroxyl groups is 1. The molecule has 2 rings (SSSR count). The average molecular weight is 207 g/mol. The van der Waals surface area contributed by atoms with Crippen molar-refractivity contribution < 1.29 is 10.2 Å². The van der Waals surface area contributed by atoms with E-state index < -0.39 is 5.60 Å². The van der Waals surface area contributed by atoms with E-state index in [1.807, 2.05) is 13.0 Å². The van der Waals surface area contributed by atoms with Crippen molar-refractivity contribution in [1.82, 2.24) is 5.32 Å². The molecule has 1 aliphatic rings. The van der Waals surface area contributed by atoms with Crippen LogP contribution >= 0.6 is 0 Å². The maximum Gasteiger partial charge on any atom is 0.115 e. The molecule has 0 amide bonds. The Morgan fingerprint density at radius 2 is 1.93 bits per heavy atom. The SMILES string of the molecule is Cc1cc(O)ccc1C1(O)CCNCC1. The number of aliphatic hydroxyl groups is 1. The molecule has 0 atom stereocenters. The molecule has 1 aliphatic heterocycles. The molecular weight excluding hydrogens is 190 g/mol. The molecular formula is C12H17NO2. The summed E-state index contributed by atoms with van der Waals surface area (Å²) >= 11 is 0. The van der Waals surface area contributed by atoms with Gasteiger partial charge in [-0.05, 0) is 56.1 Å². The predicted molar refractivity (Wildman–Crippen MR) is 58.8 cm³/mol. The summed E-state index contributed by atoms with van der Waals surface area (Å²) < 4.78 is 0. The molecule has 1 fully saturated rings. The summed E-state index contributed by atoms with van der Waals surface area (Å²) in [7, 11) is 0. The molecule has 0 bridgehead atoms. The van der Waals surface area contributed by atoms with Crippen LogP contribution in [0, 0.1) is 6.92 Å². The van der Waals surface area contributed by atoms with E-state index in [-0.39, 0.29) is 5.75 Å². The van der Waals surface area contributed by atoms with Crippen LogP contribution in [-0.2, 0) is 5.60 Å². The maximum absolute atomic E-state index is 10.5. The first-order chi connectivity index (χ1) is 7.12. The molecule has 1 aromatic carbocycles. The number of benzene rings is 1. The minimum Gasteiger partial charge on any atom is -0.508 e. The summed E-state index contributed by atoms with van der Waals surface area (Å²) in [4.78, 5) is 0. The van der Waals surface area contributed by atoms with Crippen LogP contribution in [0.15, 0.2) is 18.2 Å². The normalized spacial score (nSPS) is 20.1. The summed E-state index contributed by atoms with van der Waals surface area (Å²) in [5, 5.41) is 23.0. The van der Waals surface area contributed by atoms with E-state index in [0.29, 0.717) is 0 Å². The first-order valence-electron chi connectivity index (χ1n) is 5.35. The summed E-state index contributed by atoms with van der Waals surface area (Å²) in [5.74, 6) is 0.258. The fourth-order valence-electron chi connectivity index (χ4n) is 2.28. The number of aryl methyl sites for hydroxylation is 1. The molecule has 0 saturated carbocycles. The van der Waals surface area contributed by atoms with Crippen LogP contribution in [0.5, 0.6) is 5.75 Å². The van der Waals surface area contributed by atoms with Gasteiger partial charge in [-0.2, -0.15) is 0 Å². The fourth-order valence-corrected chi connectivity index (χ4v) is 2.28. The van der Waals surface area contributed by atoms with Crippen LogP contribution in [-0.4, -0.2) is 23.3 Å². The van der Waals surface area contributed by atoms with E-state index in [0.717, 1.165) is 37.1 Å². The number of rotatable bonds is 1. The zero-order valence-electron chi connectivity index (χ0n) is 8.95. The quantitative estimate of drug-likeness (QED) is 0.650. The van der Waals surface area contributed by atoms with Crippen molar-refractivity contribution >= 4 is 0 Å². The van der Waals surface area contributed by atoms with Crippen molar-refractivity contribution in [2.75, 3.05) is 13.1 Å². The Morgan fingerprint density at radius 3 is 2.53 bits per heavy atom. The number of hydrogen-bond acceptors (Lipinski definition) is 3. The third-order valence-electron chi connectivity index (χ3n) is 3.14. The zero-order valence-corrected chi connectivity index (χ0v) is 8.95. The second-order valence-electron chi connectivity index (χ2n) is 4.28. The van der Waals surface area contributed by atoms with Crippen molar-refractivity contribution in [3.8, 4) is 5.75 Å². The second-order valence-corrected chi connectivity index (χ2v) is 4.28. The van der Waals surface area contributed by atoms with Gasteiger partial charge in [-0.1, -0.05) is 6.07 Å². The van der Waals surface area contributed by atoms with Crippen molar-refractivity contribution in [1.29, 1.82) is 0 Å². The highest BCUT2D eigenvalue weighted by Gasteiger charge is 2.32. The van der Waals surface area contributed by atoms with Gasteiger partial charge in [-0.3, -0.25) is 0 Å². The minimum absolute atomic E-state index is 0.258. The molecule has 0 aromatic heterocycles. The highest BCUT2D eigenvalue weighted by atomic mass is 16.3. The Morgan fingerprint density at radius 1 is 1.27 bits per heavy atom. The van der Waals surface area contributed by atoms with E-state index >= 15 is 0 Å². The van der Waals surface area contributed by atoms with Crippen LogP contribution in [0.1, 0.15) is 24.0 Å². The number of hydrogen-bond donors (Lipinski definition) is 3. The maximum atomic E-state index is 10.5. The van der Waals surface area contributed by atoms with Crippen LogP contribution in [0.3, 0.4) is 0 Å². The van der Waals surface area contributed by atoms with E-state index in [1.165, 1.54) is 0 Å². The molecule has 82 valence electrons. The fraction of sp³-hybridized carbons (Fsp3) is 0.500. The van der Waals surface area contributed by atoms with Crippen LogP contribution < -0.4 is 5.32 Å². The third-order valence-corrected chi connectivity index (χ3v) is 3.14. The van der Waals surface area contributed by atoms with Gasteiger partial charge in [0.2, 0.25) is 0 Å². The van der Waals surface area contributed by atoms with Gasteiger partial charge >= 0.3 is 0 Å². The van der Waals surface area contributed by atoms with Gasteiger partial charge in [0, 0.05) is 0 Å². The van der Waals surface area contributed by atoms with E-state index in [2.05, 4.69) is 5.32 Å². The lowest BCUT2D eigenvalue weighted by atomic mass is 9.83. The zero-order chi connectivity index (χ0) is 10.9. The van der Waals surface area contributed by atoms with E-state index in [9.17, 15) is 10.2 Å². The lowest BCUT2D eigenvalue weighted by molar-refractivity contribution is 0.00536. The molecule has 3 nitrogen and oxygen atoms in total. The van der Waals surface area contributed by atoms with Crippen molar-refractivity contribution in [3.05, 3.63) is 29.3 Å². The van der Waals surface area contributed by atoms with Crippen LogP contribution in [0.25, 0.3) is 0 Å². The third kappa shape index (κ3) is 1.98. The molecule has 0 unspecified atom stereocenters. The van der Waals surface area contributed by atoms with Crippen LogP contribution in [0.4, 0.5) is 0 Å². The first-order valence-corrected chi connectivity index (χ1v) is 5.35. The monoisotopic (exact) mass is 207 g/mol. The topological polar surface area (TPSA) is 52.5 Å². The summed E-state index contributed by atoms with van der Waals surface area (Å²) in [6, 6.07) is 5.17. The highest BCUT2D eigenvalue weighted by Crippen LogP contribution is 2.33. The Balaban J connectivity index is 2.35. The van der Waals surface area contributed by atoms with E-state index in [1.54, 1.807) is 12.1 Å². The van der Waals surface area contributed by atoms with Gasteiger partial charge in [-0.15, -0.1) is 0 Å². The Labute approximate surface area is 89.8 Å². The van der Waals surface area contributed by atoms with Gasteiger partial charge in [0.05, 0.1) is 5.60 Å². The molecule has 0 spiro atoms. The minimum atomic E-state index is -0.719. The number of nitrogens with one attached hydrogen (secondary N) is 1. The standard InChI is InChI=1S/C12H17NO2/c1-9-8-10(14)2-3-11(9)12(15)4-6-13-7-5-12/h2-3,8,13-15H,4-7H2,1H3. The first kappa shape index (κ1) is 10.5. The average Bonchev–Trinajstić information content (AvgIpc) is 2.18. The number of phenolic OH excluding ortho intramolecular Hbond substituents is 1. The van der Waals surface area contributed by atoms with Gasteiger partial charge < -0.3 is 15.5 Å². The van der Waals surface area contributed by atoms with Crippen LogP contribution in [0.2, 0.25) is 0 Å². The van der Waals surface area contributed by atoms with E-state index in [4.69, 9.17) is 0 Å². The Bertz CT molecular complexity index is 357. The predicted octanol–water partition coefficient (Wildman–Crippen LogP) is 1.27. The highest BCUT2D eigenvalue weighted by molar-refractivity contribution is 5.37. The molecule has 0 aliphatic carbocycles. The summed E-state index contributed by atoms with van der Waals surface area (Å²) in [5.41, 5.74) is 1.18. The lowest BCUT2D eigenvalue weighted by Gasteiger charge is -2.34. The molecule has 15 heavy (non-hydrogen) atoms. The van der Waals surface area contributed by atoms with Crippen molar-refractivity contribution in [2.24, 2.45) is 0 Å². The Kier molecular flexibility index (Phi) is 2.67. The van der Waals surface area contributed by atoms with Gasteiger partial charge in [0.15, 0.2) is 0 Å². The van der Waals surface area contributed by atoms with Crippen molar-refractivity contribution in [3.63, 3.8) is 0 Å².